The van der Waals surface area contributed by atoms with Gasteiger partial charge >= 0.3 is 0 Å². The molecule has 4 heteroatoms. The number of phenols is 1. The second kappa shape index (κ2) is 5.12. The fourth-order valence-electron chi connectivity index (χ4n) is 1.87. The molecule has 0 aliphatic rings. The van der Waals surface area contributed by atoms with Gasteiger partial charge in [-0.2, -0.15) is 0 Å². The maximum absolute atomic E-state index is 9.33. The summed E-state index contributed by atoms with van der Waals surface area (Å²) in [6.45, 7) is 6.63. The van der Waals surface area contributed by atoms with Gasteiger partial charge in [-0.25, -0.2) is 4.98 Å². The Bertz CT molecular complexity index is 532. The number of aromatic nitrogens is 2. The third-order valence-electron chi connectivity index (χ3n) is 2.73. The van der Waals surface area contributed by atoms with Gasteiger partial charge in [-0.15, -0.1) is 0 Å². The number of benzene rings is 1. The van der Waals surface area contributed by atoms with Crippen molar-refractivity contribution < 1.29 is 9.84 Å². The predicted octanol–water partition coefficient (Wildman–Crippen LogP) is 3.06. The molecule has 1 aromatic carbocycles. The van der Waals surface area contributed by atoms with Gasteiger partial charge < -0.3 is 14.4 Å². The van der Waals surface area contributed by atoms with Gasteiger partial charge in [0, 0.05) is 18.3 Å². The van der Waals surface area contributed by atoms with E-state index in [2.05, 4.69) is 23.4 Å². The summed E-state index contributed by atoms with van der Waals surface area (Å²) in [4.78, 5) is 4.44. The zero-order valence-electron chi connectivity index (χ0n) is 10.9. The predicted molar refractivity (Wildman–Crippen MR) is 69.8 cm³/mol. The molecule has 0 unspecified atom stereocenters. The highest BCUT2D eigenvalue weighted by molar-refractivity contribution is 5.31. The maximum atomic E-state index is 9.33. The number of aryl methyl sites for hydroxylation is 1. The molecule has 2 aromatic rings. The van der Waals surface area contributed by atoms with Gasteiger partial charge in [-0.3, -0.25) is 0 Å². The van der Waals surface area contributed by atoms with Crippen LogP contribution in [0.15, 0.2) is 30.5 Å². The van der Waals surface area contributed by atoms with Gasteiger partial charge in [-0.1, -0.05) is 6.07 Å². The number of nitrogens with zero attached hydrogens (tertiary/aromatic N) is 2. The lowest BCUT2D eigenvalue weighted by Gasteiger charge is -2.07. The van der Waals surface area contributed by atoms with E-state index in [1.807, 2.05) is 19.2 Å². The van der Waals surface area contributed by atoms with E-state index in [4.69, 9.17) is 4.74 Å². The van der Waals surface area contributed by atoms with Crippen LogP contribution >= 0.6 is 0 Å². The van der Waals surface area contributed by atoms with E-state index in [9.17, 15) is 5.11 Å². The standard InChI is InChI=1S/C14H18N2O2/c1-10(2)16-8-12(15-11(16)3)9-18-14-6-4-5-13(17)7-14/h4-8,10,17H,9H2,1-3H3. The van der Waals surface area contributed by atoms with E-state index in [0.29, 0.717) is 18.4 Å². The SMILES string of the molecule is Cc1nc(COc2cccc(O)c2)cn1C(C)C. The Morgan fingerprint density at radius 1 is 1.39 bits per heavy atom. The first-order valence-corrected chi connectivity index (χ1v) is 6.02. The second-order valence-electron chi connectivity index (χ2n) is 4.57. The summed E-state index contributed by atoms with van der Waals surface area (Å²) in [5, 5.41) is 9.33. The average Bonchev–Trinajstić information content (AvgIpc) is 2.68. The quantitative estimate of drug-likeness (QED) is 0.901. The number of ether oxygens (including phenoxy) is 1. The van der Waals surface area contributed by atoms with Crippen molar-refractivity contribution in [3.05, 3.63) is 42.0 Å². The van der Waals surface area contributed by atoms with Crippen LogP contribution in [0.2, 0.25) is 0 Å². The van der Waals surface area contributed by atoms with E-state index in [0.717, 1.165) is 11.5 Å². The highest BCUT2D eigenvalue weighted by Gasteiger charge is 2.07. The molecule has 0 aliphatic heterocycles. The Morgan fingerprint density at radius 2 is 2.17 bits per heavy atom. The van der Waals surface area contributed by atoms with Gasteiger partial charge in [0.2, 0.25) is 0 Å². The summed E-state index contributed by atoms with van der Waals surface area (Å²) in [5.41, 5.74) is 0.893. The number of hydrogen-bond acceptors (Lipinski definition) is 3. The molecule has 1 heterocycles. The Morgan fingerprint density at radius 3 is 2.78 bits per heavy atom. The van der Waals surface area contributed by atoms with Crippen LogP contribution in [-0.4, -0.2) is 14.7 Å². The van der Waals surface area contributed by atoms with E-state index >= 15 is 0 Å². The second-order valence-corrected chi connectivity index (χ2v) is 4.57. The smallest absolute Gasteiger partial charge is 0.132 e. The molecule has 0 atom stereocenters. The van der Waals surface area contributed by atoms with E-state index < -0.39 is 0 Å². The third kappa shape index (κ3) is 2.83. The molecule has 0 bridgehead atoms. The van der Waals surface area contributed by atoms with Crippen LogP contribution in [0.25, 0.3) is 0 Å². The molecule has 1 N–H and O–H groups in total. The summed E-state index contributed by atoms with van der Waals surface area (Å²) in [7, 11) is 0. The molecule has 4 nitrogen and oxygen atoms in total. The summed E-state index contributed by atoms with van der Waals surface area (Å²) in [6.07, 6.45) is 2.00. The van der Waals surface area contributed by atoms with Gasteiger partial charge in [0.25, 0.3) is 0 Å². The topological polar surface area (TPSA) is 47.3 Å². The summed E-state index contributed by atoms with van der Waals surface area (Å²) < 4.78 is 7.70. The first kappa shape index (κ1) is 12.5. The molecule has 0 saturated carbocycles. The molecule has 0 saturated heterocycles. The van der Waals surface area contributed by atoms with Crippen LogP contribution in [0.5, 0.6) is 11.5 Å². The molecular formula is C14H18N2O2. The third-order valence-corrected chi connectivity index (χ3v) is 2.73. The van der Waals surface area contributed by atoms with Crippen molar-refractivity contribution in [1.29, 1.82) is 0 Å². The minimum atomic E-state index is 0.205. The first-order valence-electron chi connectivity index (χ1n) is 6.02. The Hall–Kier alpha value is -1.97. The number of imidazole rings is 1. The molecule has 0 aliphatic carbocycles. The van der Waals surface area contributed by atoms with Crippen molar-refractivity contribution in [2.45, 2.75) is 33.4 Å². The maximum Gasteiger partial charge on any atom is 0.132 e. The zero-order chi connectivity index (χ0) is 13.1. The summed E-state index contributed by atoms with van der Waals surface area (Å²) >= 11 is 0. The van der Waals surface area contributed by atoms with Crippen LogP contribution in [0, 0.1) is 6.92 Å². The molecule has 96 valence electrons. The lowest BCUT2D eigenvalue weighted by atomic mass is 10.3. The van der Waals surface area contributed by atoms with Crippen LogP contribution in [0.1, 0.15) is 31.4 Å². The largest absolute Gasteiger partial charge is 0.508 e. The number of rotatable bonds is 4. The Balaban J connectivity index is 2.04. The van der Waals surface area contributed by atoms with Gasteiger partial charge in [0.15, 0.2) is 0 Å². The Kier molecular flexibility index (Phi) is 3.55. The number of aromatic hydroxyl groups is 1. The molecule has 1 aromatic heterocycles. The van der Waals surface area contributed by atoms with E-state index in [1.165, 1.54) is 0 Å². The van der Waals surface area contributed by atoms with Gasteiger partial charge in [-0.05, 0) is 32.9 Å². The number of phenolic OH excluding ortho intramolecular Hbond substituents is 1. The van der Waals surface area contributed by atoms with Crippen molar-refractivity contribution in [3.63, 3.8) is 0 Å². The minimum absolute atomic E-state index is 0.205. The molecule has 2 rings (SSSR count). The number of hydrogen-bond donors (Lipinski definition) is 1. The van der Waals surface area contributed by atoms with Gasteiger partial charge in [0.05, 0.1) is 5.69 Å². The summed E-state index contributed by atoms with van der Waals surface area (Å²) in [5.74, 6) is 1.84. The molecule has 0 spiro atoms. The van der Waals surface area contributed by atoms with E-state index in [1.54, 1.807) is 18.2 Å². The fraction of sp³-hybridized carbons (Fsp3) is 0.357. The van der Waals surface area contributed by atoms with E-state index in [-0.39, 0.29) is 5.75 Å². The zero-order valence-corrected chi connectivity index (χ0v) is 10.9. The van der Waals surface area contributed by atoms with Crippen molar-refractivity contribution in [1.82, 2.24) is 9.55 Å². The van der Waals surface area contributed by atoms with Crippen LogP contribution in [-0.2, 0) is 6.61 Å². The molecule has 0 fully saturated rings. The monoisotopic (exact) mass is 246 g/mol. The van der Waals surface area contributed by atoms with Crippen molar-refractivity contribution in [3.8, 4) is 11.5 Å². The molecular weight excluding hydrogens is 228 g/mol. The molecule has 18 heavy (non-hydrogen) atoms. The molecule has 0 radical (unpaired) electrons. The summed E-state index contributed by atoms with van der Waals surface area (Å²) in [6, 6.07) is 7.16. The normalized spacial score (nSPS) is 10.9. The van der Waals surface area contributed by atoms with Crippen LogP contribution in [0.4, 0.5) is 0 Å². The highest BCUT2D eigenvalue weighted by Crippen LogP contribution is 2.19. The molecule has 0 amide bonds. The Labute approximate surface area is 107 Å². The van der Waals surface area contributed by atoms with Crippen LogP contribution in [0.3, 0.4) is 0 Å². The fourth-order valence-corrected chi connectivity index (χ4v) is 1.87. The van der Waals surface area contributed by atoms with Gasteiger partial charge in [0.1, 0.15) is 23.9 Å². The highest BCUT2D eigenvalue weighted by atomic mass is 16.5. The first-order chi connectivity index (χ1) is 8.56. The minimum Gasteiger partial charge on any atom is -0.508 e. The van der Waals surface area contributed by atoms with Crippen molar-refractivity contribution in [2.75, 3.05) is 0 Å². The van der Waals surface area contributed by atoms with Crippen LogP contribution < -0.4 is 4.74 Å². The van der Waals surface area contributed by atoms with Crippen molar-refractivity contribution in [2.24, 2.45) is 0 Å². The lowest BCUT2D eigenvalue weighted by molar-refractivity contribution is 0.300. The average molecular weight is 246 g/mol. The lowest BCUT2D eigenvalue weighted by Crippen LogP contribution is -2.00. The van der Waals surface area contributed by atoms with Crippen molar-refractivity contribution >= 4 is 0 Å².